The fraction of sp³-hybridized carbons (Fsp3) is 0.0400. The first-order valence-electron chi connectivity index (χ1n) is 8.80. The minimum absolute atomic E-state index is 0.840. The number of hydrogen-bond donors (Lipinski definition) is 0. The molecule has 0 aliphatic heterocycles. The van der Waals surface area contributed by atoms with Gasteiger partial charge in [-0.3, -0.25) is 0 Å². The maximum absolute atomic E-state index is 6.43. The van der Waals surface area contributed by atoms with Gasteiger partial charge < -0.3 is 4.74 Å². The molecule has 0 saturated carbocycles. The first-order valence-corrected chi connectivity index (χ1v) is 8.80. The van der Waals surface area contributed by atoms with Crippen LogP contribution in [0.4, 0.5) is 0 Å². The van der Waals surface area contributed by atoms with Crippen molar-refractivity contribution in [3.63, 3.8) is 0 Å². The Morgan fingerprint density at radius 3 is 1.69 bits per heavy atom. The molecule has 0 heterocycles. The van der Waals surface area contributed by atoms with Crippen molar-refractivity contribution in [2.45, 2.75) is 6.92 Å². The molecule has 4 aromatic rings. The number of rotatable bonds is 4. The van der Waals surface area contributed by atoms with Crippen LogP contribution in [0.2, 0.25) is 0 Å². The number of benzene rings is 4. The molecule has 1 heteroatoms. The molecular weight excluding hydrogens is 316 g/mol. The van der Waals surface area contributed by atoms with Crippen LogP contribution >= 0.6 is 0 Å². The Morgan fingerprint density at radius 1 is 0.538 bits per heavy atom. The van der Waals surface area contributed by atoms with Crippen molar-refractivity contribution in [1.29, 1.82) is 0 Å². The number of para-hydroxylation sites is 1. The summed E-state index contributed by atoms with van der Waals surface area (Å²) in [5, 5.41) is 0. The molecular formula is C25H20O. The maximum Gasteiger partial charge on any atom is 0.143 e. The lowest BCUT2D eigenvalue weighted by Crippen LogP contribution is -1.95. The van der Waals surface area contributed by atoms with Gasteiger partial charge in [-0.15, -0.1) is 0 Å². The normalized spacial score (nSPS) is 10.5. The van der Waals surface area contributed by atoms with Gasteiger partial charge in [0, 0.05) is 11.1 Å². The second-order valence-corrected chi connectivity index (χ2v) is 6.28. The molecule has 4 rings (SSSR count). The van der Waals surface area contributed by atoms with Crippen molar-refractivity contribution in [1.82, 2.24) is 0 Å². The fourth-order valence-electron chi connectivity index (χ4n) is 3.20. The van der Waals surface area contributed by atoms with Gasteiger partial charge in [0.15, 0.2) is 0 Å². The summed E-state index contributed by atoms with van der Waals surface area (Å²) < 4.78 is 6.43. The van der Waals surface area contributed by atoms with E-state index in [4.69, 9.17) is 4.74 Å². The lowest BCUT2D eigenvalue weighted by Gasteiger charge is -2.18. The lowest BCUT2D eigenvalue weighted by atomic mass is 9.93. The minimum atomic E-state index is 0.840. The van der Waals surface area contributed by atoms with Crippen LogP contribution in [0.3, 0.4) is 0 Å². The van der Waals surface area contributed by atoms with Gasteiger partial charge in [-0.25, -0.2) is 0 Å². The van der Waals surface area contributed by atoms with Gasteiger partial charge in [0.25, 0.3) is 0 Å². The standard InChI is InChI=1S/C25H20O/c1-19-17-18-23(20-11-5-2-6-12-20)25(26-22-15-9-4-10-16-22)24(19)21-13-7-3-8-14-21/h2-18H,1H3. The van der Waals surface area contributed by atoms with E-state index >= 15 is 0 Å². The van der Waals surface area contributed by atoms with Gasteiger partial charge >= 0.3 is 0 Å². The van der Waals surface area contributed by atoms with Crippen LogP contribution in [0.1, 0.15) is 5.56 Å². The number of ether oxygens (including phenoxy) is 1. The minimum Gasteiger partial charge on any atom is -0.456 e. The molecule has 0 aliphatic carbocycles. The van der Waals surface area contributed by atoms with Crippen LogP contribution in [0.5, 0.6) is 11.5 Å². The largest absolute Gasteiger partial charge is 0.456 e. The van der Waals surface area contributed by atoms with Gasteiger partial charge in [0.1, 0.15) is 11.5 Å². The molecule has 0 aromatic heterocycles. The summed E-state index contributed by atoms with van der Waals surface area (Å²) in [6.07, 6.45) is 0. The van der Waals surface area contributed by atoms with Crippen molar-refractivity contribution >= 4 is 0 Å². The number of aryl methyl sites for hydroxylation is 1. The van der Waals surface area contributed by atoms with E-state index in [2.05, 4.69) is 67.6 Å². The summed E-state index contributed by atoms with van der Waals surface area (Å²) in [6, 6.07) is 35.1. The van der Waals surface area contributed by atoms with Crippen molar-refractivity contribution in [3.05, 3.63) is 109 Å². The second-order valence-electron chi connectivity index (χ2n) is 6.28. The van der Waals surface area contributed by atoms with Gasteiger partial charge in [0.05, 0.1) is 0 Å². The topological polar surface area (TPSA) is 9.23 Å². The lowest BCUT2D eigenvalue weighted by molar-refractivity contribution is 0.486. The maximum atomic E-state index is 6.43. The highest BCUT2D eigenvalue weighted by Crippen LogP contribution is 2.43. The second kappa shape index (κ2) is 7.28. The molecule has 0 saturated heterocycles. The predicted molar refractivity (Wildman–Crippen MR) is 109 cm³/mol. The SMILES string of the molecule is Cc1ccc(-c2ccccc2)c(Oc2ccccc2)c1-c1ccccc1. The van der Waals surface area contributed by atoms with E-state index in [0.29, 0.717) is 0 Å². The molecule has 0 atom stereocenters. The zero-order valence-corrected chi connectivity index (χ0v) is 14.7. The summed E-state index contributed by atoms with van der Waals surface area (Å²) in [4.78, 5) is 0. The highest BCUT2D eigenvalue weighted by Gasteiger charge is 2.16. The average molecular weight is 336 g/mol. The van der Waals surface area contributed by atoms with Crippen LogP contribution < -0.4 is 4.74 Å². The predicted octanol–water partition coefficient (Wildman–Crippen LogP) is 7.12. The fourth-order valence-corrected chi connectivity index (χ4v) is 3.20. The van der Waals surface area contributed by atoms with Crippen LogP contribution in [0.25, 0.3) is 22.3 Å². The number of hydrogen-bond acceptors (Lipinski definition) is 1. The summed E-state index contributed by atoms with van der Waals surface area (Å²) in [5.41, 5.74) is 5.74. The molecule has 0 N–H and O–H groups in total. The molecule has 126 valence electrons. The van der Waals surface area contributed by atoms with Gasteiger partial charge in [-0.05, 0) is 35.7 Å². The smallest absolute Gasteiger partial charge is 0.143 e. The Kier molecular flexibility index (Phi) is 4.53. The Bertz CT molecular complexity index is 990. The molecule has 26 heavy (non-hydrogen) atoms. The van der Waals surface area contributed by atoms with Crippen LogP contribution in [-0.2, 0) is 0 Å². The molecule has 0 amide bonds. The third-order valence-corrected chi connectivity index (χ3v) is 4.48. The summed E-state index contributed by atoms with van der Waals surface area (Å²) >= 11 is 0. The van der Waals surface area contributed by atoms with Crippen molar-refractivity contribution in [2.75, 3.05) is 0 Å². The van der Waals surface area contributed by atoms with Crippen molar-refractivity contribution < 1.29 is 4.74 Å². The summed E-state index contributed by atoms with van der Waals surface area (Å²) in [5.74, 6) is 1.74. The highest BCUT2D eigenvalue weighted by molar-refractivity contribution is 5.85. The van der Waals surface area contributed by atoms with E-state index in [0.717, 1.165) is 33.8 Å². The summed E-state index contributed by atoms with van der Waals surface area (Å²) in [6.45, 7) is 2.13. The third-order valence-electron chi connectivity index (χ3n) is 4.48. The first kappa shape index (κ1) is 16.2. The Hall–Kier alpha value is -3.32. The quantitative estimate of drug-likeness (QED) is 0.385. The molecule has 0 aliphatic rings. The van der Waals surface area contributed by atoms with Crippen molar-refractivity contribution in [2.24, 2.45) is 0 Å². The van der Waals surface area contributed by atoms with E-state index in [1.807, 2.05) is 42.5 Å². The zero-order valence-electron chi connectivity index (χ0n) is 14.7. The molecule has 4 aromatic carbocycles. The molecule has 1 nitrogen and oxygen atoms in total. The van der Waals surface area contributed by atoms with E-state index in [-0.39, 0.29) is 0 Å². The molecule has 0 fully saturated rings. The van der Waals surface area contributed by atoms with E-state index < -0.39 is 0 Å². The Balaban J connectivity index is 1.95. The summed E-state index contributed by atoms with van der Waals surface area (Å²) in [7, 11) is 0. The average Bonchev–Trinajstić information content (AvgIpc) is 2.70. The molecule has 0 bridgehead atoms. The highest BCUT2D eigenvalue weighted by atomic mass is 16.5. The van der Waals surface area contributed by atoms with Gasteiger partial charge in [0.2, 0.25) is 0 Å². The van der Waals surface area contributed by atoms with Crippen LogP contribution in [0.15, 0.2) is 103 Å². The van der Waals surface area contributed by atoms with Crippen LogP contribution in [0, 0.1) is 6.92 Å². The van der Waals surface area contributed by atoms with E-state index in [9.17, 15) is 0 Å². The van der Waals surface area contributed by atoms with E-state index in [1.54, 1.807) is 0 Å². The molecule has 0 radical (unpaired) electrons. The Morgan fingerprint density at radius 2 is 1.08 bits per heavy atom. The monoisotopic (exact) mass is 336 g/mol. The Labute approximate surface area is 154 Å². The first-order chi connectivity index (χ1) is 12.8. The third kappa shape index (κ3) is 3.25. The zero-order chi connectivity index (χ0) is 17.8. The molecule has 0 spiro atoms. The van der Waals surface area contributed by atoms with Gasteiger partial charge in [-0.1, -0.05) is 91.0 Å². The van der Waals surface area contributed by atoms with E-state index in [1.165, 1.54) is 5.56 Å². The molecule has 0 unspecified atom stereocenters. The van der Waals surface area contributed by atoms with Gasteiger partial charge in [-0.2, -0.15) is 0 Å². The van der Waals surface area contributed by atoms with Crippen molar-refractivity contribution in [3.8, 4) is 33.8 Å². The van der Waals surface area contributed by atoms with Crippen LogP contribution in [-0.4, -0.2) is 0 Å².